The molecule has 0 aliphatic rings. The smallest absolute Gasteiger partial charge is 0.120 e. The second-order valence-corrected chi connectivity index (χ2v) is 3.96. The van der Waals surface area contributed by atoms with E-state index < -0.39 is 0 Å². The molecule has 4 nitrogen and oxygen atoms in total. The van der Waals surface area contributed by atoms with Crippen LogP contribution in [0.2, 0.25) is 0 Å². The lowest BCUT2D eigenvalue weighted by molar-refractivity contribution is 0.432. The molecule has 16 heavy (non-hydrogen) atoms. The van der Waals surface area contributed by atoms with Crippen LogP contribution in [-0.2, 0) is 13.5 Å². The molecule has 1 unspecified atom stereocenters. The first-order chi connectivity index (χ1) is 7.75. The highest BCUT2D eigenvalue weighted by Crippen LogP contribution is 2.11. The molecule has 0 radical (unpaired) electrons. The molecule has 0 bridgehead atoms. The highest BCUT2D eigenvalue weighted by Gasteiger charge is 2.06. The van der Waals surface area contributed by atoms with Crippen LogP contribution in [-0.4, -0.2) is 16.3 Å². The Kier molecular flexibility index (Phi) is 3.41. The Morgan fingerprint density at radius 2 is 2.44 bits per heavy atom. The molecule has 2 rings (SSSR count). The molecule has 4 heteroatoms. The van der Waals surface area contributed by atoms with Gasteiger partial charge in [-0.3, -0.25) is 4.68 Å². The fourth-order valence-corrected chi connectivity index (χ4v) is 1.67. The van der Waals surface area contributed by atoms with Crippen molar-refractivity contribution in [1.29, 1.82) is 0 Å². The number of aryl methyl sites for hydroxylation is 1. The quantitative estimate of drug-likeness (QED) is 0.835. The molecule has 1 N–H and O–H groups in total. The topological polar surface area (TPSA) is 43.0 Å². The zero-order chi connectivity index (χ0) is 11.4. The summed E-state index contributed by atoms with van der Waals surface area (Å²) >= 11 is 0. The van der Waals surface area contributed by atoms with Crippen LogP contribution >= 0.6 is 0 Å². The minimum Gasteiger partial charge on any atom is -0.468 e. The molecule has 86 valence electrons. The zero-order valence-corrected chi connectivity index (χ0v) is 9.68. The molecule has 0 aromatic carbocycles. The van der Waals surface area contributed by atoms with Gasteiger partial charge in [0.05, 0.1) is 18.5 Å². The average molecular weight is 219 g/mol. The lowest BCUT2D eigenvalue weighted by Gasteiger charge is -2.10. The molecule has 0 saturated carbocycles. The largest absolute Gasteiger partial charge is 0.468 e. The average Bonchev–Trinajstić information content (AvgIpc) is 2.89. The summed E-state index contributed by atoms with van der Waals surface area (Å²) in [6.07, 6.45) is 6.63. The summed E-state index contributed by atoms with van der Waals surface area (Å²) in [5.41, 5.74) is 1.25. The van der Waals surface area contributed by atoms with Crippen molar-refractivity contribution in [2.24, 2.45) is 7.05 Å². The van der Waals surface area contributed by atoms with Crippen LogP contribution in [0.1, 0.15) is 24.3 Å². The highest BCUT2D eigenvalue weighted by molar-refractivity contribution is 5.05. The summed E-state index contributed by atoms with van der Waals surface area (Å²) in [5.74, 6) is 0.978. The molecule has 0 amide bonds. The molecule has 2 heterocycles. The van der Waals surface area contributed by atoms with Gasteiger partial charge in [-0.05, 0) is 37.6 Å². The van der Waals surface area contributed by atoms with Crippen molar-refractivity contribution >= 4 is 0 Å². The van der Waals surface area contributed by atoms with Gasteiger partial charge in [0.1, 0.15) is 5.76 Å². The molecular formula is C12H17N3O. The van der Waals surface area contributed by atoms with Gasteiger partial charge < -0.3 is 9.73 Å². The number of nitrogens with one attached hydrogen (secondary N) is 1. The molecule has 0 fully saturated rings. The molecule has 0 aliphatic carbocycles. The van der Waals surface area contributed by atoms with Crippen molar-refractivity contribution in [1.82, 2.24) is 15.1 Å². The van der Waals surface area contributed by atoms with Gasteiger partial charge in [0.2, 0.25) is 0 Å². The van der Waals surface area contributed by atoms with Crippen LogP contribution in [0.3, 0.4) is 0 Å². The highest BCUT2D eigenvalue weighted by atomic mass is 16.3. The third-order valence-corrected chi connectivity index (χ3v) is 2.59. The van der Waals surface area contributed by atoms with Crippen LogP contribution < -0.4 is 5.32 Å². The Morgan fingerprint density at radius 3 is 3.06 bits per heavy atom. The van der Waals surface area contributed by atoms with Crippen molar-refractivity contribution in [3.8, 4) is 0 Å². The van der Waals surface area contributed by atoms with E-state index >= 15 is 0 Å². The maximum Gasteiger partial charge on any atom is 0.120 e. The van der Waals surface area contributed by atoms with E-state index in [1.807, 2.05) is 36.3 Å². The first kappa shape index (κ1) is 11.0. The van der Waals surface area contributed by atoms with E-state index in [1.54, 1.807) is 6.26 Å². The van der Waals surface area contributed by atoms with E-state index in [4.69, 9.17) is 4.42 Å². The number of hydrogen-bond donors (Lipinski definition) is 1. The van der Waals surface area contributed by atoms with E-state index in [9.17, 15) is 0 Å². The van der Waals surface area contributed by atoms with Crippen molar-refractivity contribution in [2.45, 2.75) is 19.4 Å². The van der Waals surface area contributed by atoms with Crippen molar-refractivity contribution in [3.05, 3.63) is 42.1 Å². The fraction of sp³-hybridized carbons (Fsp3) is 0.417. The minimum atomic E-state index is 0.256. The van der Waals surface area contributed by atoms with Crippen LogP contribution in [0, 0.1) is 0 Å². The van der Waals surface area contributed by atoms with E-state index in [-0.39, 0.29) is 6.04 Å². The molecular weight excluding hydrogens is 202 g/mol. The molecule has 0 spiro atoms. The maximum atomic E-state index is 5.32. The number of nitrogens with zero attached hydrogens (tertiary/aromatic N) is 2. The second kappa shape index (κ2) is 4.99. The predicted octanol–water partition coefficient (Wildman–Crippen LogP) is 1.91. The van der Waals surface area contributed by atoms with Gasteiger partial charge in [-0.1, -0.05) is 0 Å². The van der Waals surface area contributed by atoms with Crippen molar-refractivity contribution in [3.63, 3.8) is 0 Å². The molecule has 1 atom stereocenters. The third kappa shape index (κ3) is 2.73. The van der Waals surface area contributed by atoms with E-state index in [0.29, 0.717) is 0 Å². The Hall–Kier alpha value is -1.55. The van der Waals surface area contributed by atoms with Gasteiger partial charge in [-0.15, -0.1) is 0 Å². The van der Waals surface area contributed by atoms with Gasteiger partial charge in [-0.2, -0.15) is 5.10 Å². The summed E-state index contributed by atoms with van der Waals surface area (Å²) in [4.78, 5) is 0. The van der Waals surface area contributed by atoms with Gasteiger partial charge in [0, 0.05) is 13.2 Å². The fourth-order valence-electron chi connectivity index (χ4n) is 1.67. The molecule has 0 saturated heterocycles. The lowest BCUT2D eigenvalue weighted by Crippen LogP contribution is -2.20. The number of furan rings is 1. The first-order valence-corrected chi connectivity index (χ1v) is 5.50. The Bertz CT molecular complexity index is 419. The molecule has 2 aromatic rings. The van der Waals surface area contributed by atoms with Crippen LogP contribution in [0.15, 0.2) is 35.2 Å². The minimum absolute atomic E-state index is 0.256. The van der Waals surface area contributed by atoms with Crippen LogP contribution in [0.4, 0.5) is 0 Å². The van der Waals surface area contributed by atoms with Crippen LogP contribution in [0.25, 0.3) is 0 Å². The lowest BCUT2D eigenvalue weighted by atomic mass is 10.2. The van der Waals surface area contributed by atoms with E-state index in [0.717, 1.165) is 18.7 Å². The van der Waals surface area contributed by atoms with Crippen molar-refractivity contribution < 1.29 is 4.42 Å². The molecule has 2 aromatic heterocycles. The van der Waals surface area contributed by atoms with Gasteiger partial charge in [-0.25, -0.2) is 0 Å². The number of aromatic nitrogens is 2. The molecule has 0 aliphatic heterocycles. The van der Waals surface area contributed by atoms with Gasteiger partial charge >= 0.3 is 0 Å². The Balaban J connectivity index is 1.76. The van der Waals surface area contributed by atoms with Crippen molar-refractivity contribution in [2.75, 3.05) is 6.54 Å². The second-order valence-electron chi connectivity index (χ2n) is 3.96. The monoisotopic (exact) mass is 219 g/mol. The van der Waals surface area contributed by atoms with Gasteiger partial charge in [0.25, 0.3) is 0 Å². The predicted molar refractivity (Wildman–Crippen MR) is 62.0 cm³/mol. The maximum absolute atomic E-state index is 5.32. The SMILES string of the molecule is CC(NCCc1cnn(C)c1)c1ccco1. The normalized spacial score (nSPS) is 12.9. The standard InChI is InChI=1S/C12H17N3O/c1-10(12-4-3-7-16-12)13-6-5-11-8-14-15(2)9-11/h3-4,7-10,13H,5-6H2,1-2H3. The van der Waals surface area contributed by atoms with E-state index in [1.165, 1.54) is 5.56 Å². The summed E-state index contributed by atoms with van der Waals surface area (Å²) < 4.78 is 7.15. The zero-order valence-electron chi connectivity index (χ0n) is 9.68. The Labute approximate surface area is 95.3 Å². The summed E-state index contributed by atoms with van der Waals surface area (Å²) in [7, 11) is 1.93. The van der Waals surface area contributed by atoms with E-state index in [2.05, 4.69) is 17.3 Å². The van der Waals surface area contributed by atoms with Crippen LogP contribution in [0.5, 0.6) is 0 Å². The summed E-state index contributed by atoms with van der Waals surface area (Å²) in [6, 6.07) is 4.16. The number of rotatable bonds is 5. The third-order valence-electron chi connectivity index (χ3n) is 2.59. The summed E-state index contributed by atoms with van der Waals surface area (Å²) in [6.45, 7) is 3.02. The number of hydrogen-bond acceptors (Lipinski definition) is 3. The Morgan fingerprint density at radius 1 is 1.56 bits per heavy atom. The van der Waals surface area contributed by atoms with Gasteiger partial charge in [0.15, 0.2) is 0 Å². The summed E-state index contributed by atoms with van der Waals surface area (Å²) in [5, 5.41) is 7.55. The first-order valence-electron chi connectivity index (χ1n) is 5.50.